The van der Waals surface area contributed by atoms with Crippen molar-refractivity contribution in [3.63, 3.8) is 0 Å². The Labute approximate surface area is 245 Å². The number of benzene rings is 2. The van der Waals surface area contributed by atoms with Gasteiger partial charge in [-0.25, -0.2) is 4.98 Å². The number of carbonyl (C=O) groups excluding carboxylic acids is 1. The number of carbonyl (C=O) groups is 1. The molecule has 2 aliphatic heterocycles. The fraction of sp³-hybridized carbons (Fsp3) is 0.433. The van der Waals surface area contributed by atoms with E-state index in [1.807, 2.05) is 19.1 Å². The predicted molar refractivity (Wildman–Crippen MR) is 162 cm³/mol. The first-order valence-electron chi connectivity index (χ1n) is 14.4. The Morgan fingerprint density at radius 2 is 1.83 bits per heavy atom. The summed E-state index contributed by atoms with van der Waals surface area (Å²) in [6.45, 7) is 10.5. The van der Waals surface area contributed by atoms with Crippen LogP contribution in [0.4, 0.5) is 22.9 Å². The van der Waals surface area contributed by atoms with Crippen LogP contribution in [0, 0.1) is 17.0 Å². The van der Waals surface area contributed by atoms with E-state index in [0.29, 0.717) is 18.2 Å². The lowest BCUT2D eigenvalue weighted by Crippen LogP contribution is -2.52. The van der Waals surface area contributed by atoms with Crippen molar-refractivity contribution in [2.75, 3.05) is 56.5 Å². The molecule has 3 N–H and O–H groups in total. The number of piperidine rings is 1. The molecule has 2 aliphatic rings. The molecule has 1 aromatic heterocycles. The van der Waals surface area contributed by atoms with Crippen molar-refractivity contribution >= 4 is 28.8 Å². The Balaban J connectivity index is 1.32. The van der Waals surface area contributed by atoms with E-state index in [1.165, 1.54) is 23.9 Å². The molecule has 3 aromatic rings. The van der Waals surface area contributed by atoms with Crippen LogP contribution in [-0.2, 0) is 6.42 Å². The number of hydrogen-bond donors (Lipinski definition) is 2. The number of likely N-dealkylation sites (N-methyl/N-ethyl adjacent to an activating group) is 1. The van der Waals surface area contributed by atoms with E-state index in [-0.39, 0.29) is 28.8 Å². The van der Waals surface area contributed by atoms with Gasteiger partial charge in [-0.2, -0.15) is 4.98 Å². The van der Waals surface area contributed by atoms with Crippen LogP contribution in [0.5, 0.6) is 11.6 Å². The molecular weight excluding hydrogens is 536 g/mol. The number of nitrogens with two attached hydrogens (primary N) is 1. The summed E-state index contributed by atoms with van der Waals surface area (Å²) in [5.74, 6) is -0.192. The molecule has 0 radical (unpaired) electrons. The molecule has 3 heterocycles. The molecule has 12 nitrogen and oxygen atoms in total. The van der Waals surface area contributed by atoms with Crippen molar-refractivity contribution in [1.29, 1.82) is 0 Å². The van der Waals surface area contributed by atoms with Gasteiger partial charge in [0.05, 0.1) is 11.0 Å². The second-order valence-corrected chi connectivity index (χ2v) is 10.9. The van der Waals surface area contributed by atoms with Crippen LogP contribution in [0.15, 0.2) is 42.5 Å². The molecule has 2 saturated heterocycles. The van der Waals surface area contributed by atoms with Gasteiger partial charge >= 0.3 is 0 Å². The summed E-state index contributed by atoms with van der Waals surface area (Å²) in [4.78, 5) is 39.5. The molecule has 222 valence electrons. The Morgan fingerprint density at radius 3 is 2.48 bits per heavy atom. The summed E-state index contributed by atoms with van der Waals surface area (Å²) in [5.41, 5.74) is 8.97. The second-order valence-electron chi connectivity index (χ2n) is 10.9. The number of nitro groups is 1. The molecule has 0 saturated carbocycles. The highest BCUT2D eigenvalue weighted by atomic mass is 16.6. The maximum absolute atomic E-state index is 12.3. The monoisotopic (exact) mass is 574 g/mol. The van der Waals surface area contributed by atoms with Gasteiger partial charge in [-0.1, -0.05) is 13.0 Å². The minimum absolute atomic E-state index is 0.00838. The molecule has 2 aromatic carbocycles. The summed E-state index contributed by atoms with van der Waals surface area (Å²) in [5, 5.41) is 14.4. The number of nitrogens with one attached hydrogen (secondary N) is 1. The number of piperazine rings is 1. The molecule has 0 unspecified atom stereocenters. The second kappa shape index (κ2) is 12.7. The number of anilines is 3. The third kappa shape index (κ3) is 6.60. The standard InChI is InChI=1S/C30H38N8O4/c1-4-25-30(42-24-7-5-6-23(19-24)38(40)41)34-29(27(33-25)28(31)39)32-21-8-9-26(20(2)18-21)37-12-10-22(11-13-37)36-16-14-35(3)15-17-36/h5-9,18-19,22H,4,10-17H2,1-3H3,(H2,31,39)(H,32,34). The number of nitro benzene ring substituents is 1. The number of hydrogen-bond acceptors (Lipinski definition) is 10. The van der Waals surface area contributed by atoms with Gasteiger partial charge in [-0.3, -0.25) is 19.8 Å². The number of aromatic nitrogens is 2. The van der Waals surface area contributed by atoms with Crippen molar-refractivity contribution < 1.29 is 14.5 Å². The van der Waals surface area contributed by atoms with Gasteiger partial charge in [0.15, 0.2) is 11.5 Å². The smallest absolute Gasteiger partial charge is 0.273 e. The first-order chi connectivity index (χ1) is 20.2. The number of non-ortho nitro benzene ring substituents is 1. The number of aryl methyl sites for hydroxylation is 2. The van der Waals surface area contributed by atoms with Gasteiger partial charge in [-0.15, -0.1) is 0 Å². The van der Waals surface area contributed by atoms with E-state index < -0.39 is 10.8 Å². The number of ether oxygens (including phenoxy) is 1. The summed E-state index contributed by atoms with van der Waals surface area (Å²) in [6, 6.07) is 12.5. The lowest BCUT2D eigenvalue weighted by Gasteiger charge is -2.43. The van der Waals surface area contributed by atoms with Crippen molar-refractivity contribution in [1.82, 2.24) is 19.8 Å². The number of primary amides is 1. The molecule has 1 amide bonds. The SMILES string of the molecule is CCc1nc(C(N)=O)c(Nc2ccc(N3CCC(N4CCN(C)CC4)CC3)c(C)c2)nc1Oc1cccc([N+](=O)[O-])c1. The minimum atomic E-state index is -0.724. The highest BCUT2D eigenvalue weighted by Gasteiger charge is 2.27. The Hall–Kier alpha value is -4.29. The van der Waals surface area contributed by atoms with E-state index in [1.54, 1.807) is 6.07 Å². The van der Waals surface area contributed by atoms with Gasteiger partial charge in [0.25, 0.3) is 11.6 Å². The lowest BCUT2D eigenvalue weighted by molar-refractivity contribution is -0.384. The normalized spacial score (nSPS) is 16.8. The van der Waals surface area contributed by atoms with Crippen LogP contribution in [-0.4, -0.2) is 83.0 Å². The Kier molecular flexibility index (Phi) is 8.83. The largest absolute Gasteiger partial charge is 0.437 e. The average molecular weight is 575 g/mol. The van der Waals surface area contributed by atoms with Gasteiger partial charge in [-0.05, 0) is 63.1 Å². The summed E-state index contributed by atoms with van der Waals surface area (Å²) in [7, 11) is 2.19. The van der Waals surface area contributed by atoms with E-state index in [4.69, 9.17) is 10.5 Å². The first kappa shape index (κ1) is 29.2. The van der Waals surface area contributed by atoms with Gasteiger partial charge in [0.1, 0.15) is 11.4 Å². The quantitative estimate of drug-likeness (QED) is 0.283. The Bertz CT molecular complexity index is 1450. The van der Waals surface area contributed by atoms with Crippen molar-refractivity contribution in [3.8, 4) is 11.6 Å². The molecule has 0 spiro atoms. The third-order valence-corrected chi connectivity index (χ3v) is 8.06. The zero-order valence-electron chi connectivity index (χ0n) is 24.4. The van der Waals surface area contributed by atoms with Crippen LogP contribution in [0.1, 0.15) is 41.5 Å². The fourth-order valence-corrected chi connectivity index (χ4v) is 5.68. The van der Waals surface area contributed by atoms with Crippen molar-refractivity contribution in [2.45, 2.75) is 39.2 Å². The summed E-state index contributed by atoms with van der Waals surface area (Å²) >= 11 is 0. The molecule has 42 heavy (non-hydrogen) atoms. The highest BCUT2D eigenvalue weighted by Crippen LogP contribution is 2.32. The lowest BCUT2D eigenvalue weighted by atomic mass is 10.0. The molecule has 2 fully saturated rings. The van der Waals surface area contributed by atoms with Crippen molar-refractivity contribution in [3.05, 3.63) is 69.5 Å². The topological polar surface area (TPSA) is 143 Å². The minimum Gasteiger partial charge on any atom is -0.437 e. The molecule has 0 bridgehead atoms. The number of rotatable bonds is 9. The molecular formula is C30H38N8O4. The molecule has 5 rings (SSSR count). The first-order valence-corrected chi connectivity index (χ1v) is 14.4. The average Bonchev–Trinajstić information content (AvgIpc) is 2.98. The van der Waals surface area contributed by atoms with Gasteiger partial charge in [0, 0.05) is 62.8 Å². The van der Waals surface area contributed by atoms with Crippen LogP contribution in [0.25, 0.3) is 0 Å². The van der Waals surface area contributed by atoms with E-state index in [9.17, 15) is 14.9 Å². The van der Waals surface area contributed by atoms with Crippen LogP contribution < -0.4 is 20.7 Å². The highest BCUT2D eigenvalue weighted by molar-refractivity contribution is 5.96. The number of nitrogens with zero attached hydrogens (tertiary/aromatic N) is 6. The zero-order valence-corrected chi connectivity index (χ0v) is 24.4. The van der Waals surface area contributed by atoms with Gasteiger partial charge < -0.3 is 25.6 Å². The number of amides is 1. The molecule has 0 atom stereocenters. The summed E-state index contributed by atoms with van der Waals surface area (Å²) < 4.78 is 5.90. The zero-order chi connectivity index (χ0) is 29.8. The Morgan fingerprint density at radius 1 is 1.10 bits per heavy atom. The van der Waals surface area contributed by atoms with Crippen LogP contribution in [0.3, 0.4) is 0 Å². The molecule has 12 heteroatoms. The van der Waals surface area contributed by atoms with E-state index in [2.05, 4.69) is 50.0 Å². The maximum Gasteiger partial charge on any atom is 0.273 e. The third-order valence-electron chi connectivity index (χ3n) is 8.06. The van der Waals surface area contributed by atoms with Crippen molar-refractivity contribution in [2.24, 2.45) is 5.73 Å². The molecule has 0 aliphatic carbocycles. The maximum atomic E-state index is 12.3. The van der Waals surface area contributed by atoms with E-state index >= 15 is 0 Å². The van der Waals surface area contributed by atoms with E-state index in [0.717, 1.165) is 63.4 Å². The summed E-state index contributed by atoms with van der Waals surface area (Å²) in [6.07, 6.45) is 2.72. The van der Waals surface area contributed by atoms with Crippen LogP contribution >= 0.6 is 0 Å². The fourth-order valence-electron chi connectivity index (χ4n) is 5.68. The predicted octanol–water partition coefficient (Wildman–Crippen LogP) is 4.11. The van der Waals surface area contributed by atoms with Gasteiger partial charge in [0.2, 0.25) is 5.88 Å². The van der Waals surface area contributed by atoms with Crippen LogP contribution in [0.2, 0.25) is 0 Å².